The van der Waals surface area contributed by atoms with Gasteiger partial charge >= 0.3 is 0 Å². The van der Waals surface area contributed by atoms with Gasteiger partial charge < -0.3 is 5.32 Å². The molecule has 1 aliphatic rings. The third-order valence-electron chi connectivity index (χ3n) is 3.25. The Morgan fingerprint density at radius 3 is 3.00 bits per heavy atom. The Labute approximate surface area is 109 Å². The van der Waals surface area contributed by atoms with Gasteiger partial charge in [-0.05, 0) is 60.1 Å². The van der Waals surface area contributed by atoms with E-state index in [-0.39, 0.29) is 5.54 Å². The Bertz CT molecular complexity index is 382. The monoisotopic (exact) mass is 301 g/mol. The maximum absolute atomic E-state index is 12.3. The third kappa shape index (κ3) is 2.55. The van der Waals surface area contributed by atoms with Crippen LogP contribution in [0.2, 0.25) is 0 Å². The first kappa shape index (κ1) is 12.3. The van der Waals surface area contributed by atoms with Crippen LogP contribution in [0.4, 0.5) is 0 Å². The van der Waals surface area contributed by atoms with Crippen molar-refractivity contribution in [3.8, 4) is 0 Å². The lowest BCUT2D eigenvalue weighted by Crippen LogP contribution is -2.52. The number of halogens is 1. The zero-order valence-corrected chi connectivity index (χ0v) is 11.8. The van der Waals surface area contributed by atoms with Crippen molar-refractivity contribution in [3.05, 3.63) is 20.8 Å². The van der Waals surface area contributed by atoms with Crippen LogP contribution in [0.15, 0.2) is 15.9 Å². The van der Waals surface area contributed by atoms with Gasteiger partial charge in [-0.2, -0.15) is 0 Å². The molecule has 1 saturated heterocycles. The van der Waals surface area contributed by atoms with E-state index in [2.05, 4.69) is 21.2 Å². The van der Waals surface area contributed by atoms with E-state index in [1.165, 1.54) is 6.42 Å². The second kappa shape index (κ2) is 4.98. The van der Waals surface area contributed by atoms with Gasteiger partial charge in [0.25, 0.3) is 0 Å². The van der Waals surface area contributed by atoms with Gasteiger partial charge in [0.05, 0.1) is 5.54 Å². The summed E-state index contributed by atoms with van der Waals surface area (Å²) in [6, 6.07) is 2.00. The molecule has 0 saturated carbocycles. The fourth-order valence-electron chi connectivity index (χ4n) is 2.09. The van der Waals surface area contributed by atoms with E-state index in [1.807, 2.05) is 18.4 Å². The number of hydrogen-bond donors (Lipinski definition) is 1. The molecule has 16 heavy (non-hydrogen) atoms. The molecule has 0 spiro atoms. The van der Waals surface area contributed by atoms with Crippen LogP contribution in [-0.2, 0) is 11.2 Å². The van der Waals surface area contributed by atoms with Crippen molar-refractivity contribution in [2.75, 3.05) is 6.54 Å². The quantitative estimate of drug-likeness (QED) is 0.929. The van der Waals surface area contributed by atoms with Gasteiger partial charge in [-0.25, -0.2) is 0 Å². The van der Waals surface area contributed by atoms with Crippen LogP contribution >= 0.6 is 27.3 Å². The Morgan fingerprint density at radius 1 is 1.62 bits per heavy atom. The normalized spacial score (nSPS) is 25.6. The van der Waals surface area contributed by atoms with Crippen LogP contribution in [0.25, 0.3) is 0 Å². The molecule has 2 rings (SSSR count). The molecular weight excluding hydrogens is 286 g/mol. The Hall–Kier alpha value is -0.190. The SMILES string of the molecule is CC1(C(=O)Cc2sccc2Br)CCCCN1. The zero-order valence-electron chi connectivity index (χ0n) is 9.38. The molecule has 0 amide bonds. The number of ketones is 1. The lowest BCUT2D eigenvalue weighted by Gasteiger charge is -2.33. The minimum Gasteiger partial charge on any atom is -0.305 e. The highest BCUT2D eigenvalue weighted by Gasteiger charge is 2.34. The van der Waals surface area contributed by atoms with Gasteiger partial charge in [0, 0.05) is 15.8 Å². The van der Waals surface area contributed by atoms with Gasteiger partial charge in [0.2, 0.25) is 0 Å². The molecule has 1 aliphatic heterocycles. The number of thiophene rings is 1. The van der Waals surface area contributed by atoms with Gasteiger partial charge in [-0.3, -0.25) is 4.79 Å². The van der Waals surface area contributed by atoms with Crippen molar-refractivity contribution < 1.29 is 4.79 Å². The molecule has 1 aromatic rings. The van der Waals surface area contributed by atoms with Crippen LogP contribution in [-0.4, -0.2) is 17.9 Å². The molecule has 0 radical (unpaired) electrons. The number of carbonyl (C=O) groups excluding carboxylic acids is 1. The molecule has 0 aliphatic carbocycles. The Balaban J connectivity index is 2.05. The van der Waals surface area contributed by atoms with E-state index < -0.39 is 0 Å². The van der Waals surface area contributed by atoms with Gasteiger partial charge in [-0.15, -0.1) is 11.3 Å². The molecule has 1 atom stereocenters. The summed E-state index contributed by atoms with van der Waals surface area (Å²) in [4.78, 5) is 13.4. The number of Topliss-reactive ketones (excluding diaryl/α,β-unsaturated/α-hetero) is 1. The molecule has 4 heteroatoms. The summed E-state index contributed by atoms with van der Waals surface area (Å²) in [7, 11) is 0. The second-order valence-corrected chi connectivity index (χ2v) is 6.36. The summed E-state index contributed by atoms with van der Waals surface area (Å²) in [5.74, 6) is 0.315. The molecule has 0 bridgehead atoms. The predicted octanol–water partition coefficient (Wildman–Crippen LogP) is 3.15. The number of carbonyl (C=O) groups is 1. The molecule has 0 aromatic carbocycles. The van der Waals surface area contributed by atoms with E-state index in [0.717, 1.165) is 28.7 Å². The highest BCUT2D eigenvalue weighted by Crippen LogP contribution is 2.27. The predicted molar refractivity (Wildman–Crippen MR) is 71.0 cm³/mol. The summed E-state index contributed by atoms with van der Waals surface area (Å²) < 4.78 is 1.06. The highest BCUT2D eigenvalue weighted by molar-refractivity contribution is 9.10. The average molecular weight is 302 g/mol. The topological polar surface area (TPSA) is 29.1 Å². The summed E-state index contributed by atoms with van der Waals surface area (Å²) in [5.41, 5.74) is -0.304. The molecular formula is C12H16BrNOS. The first-order valence-corrected chi connectivity index (χ1v) is 7.29. The number of nitrogens with one attached hydrogen (secondary N) is 1. The fourth-order valence-corrected chi connectivity index (χ4v) is 3.58. The van der Waals surface area contributed by atoms with E-state index in [1.54, 1.807) is 11.3 Å². The fraction of sp³-hybridized carbons (Fsp3) is 0.583. The molecule has 1 N–H and O–H groups in total. The van der Waals surface area contributed by atoms with Crippen molar-refractivity contribution in [1.82, 2.24) is 5.32 Å². The number of hydrogen-bond acceptors (Lipinski definition) is 3. The van der Waals surface area contributed by atoms with Gasteiger partial charge in [0.1, 0.15) is 0 Å². The van der Waals surface area contributed by atoms with Crippen molar-refractivity contribution in [2.24, 2.45) is 0 Å². The van der Waals surface area contributed by atoms with Crippen LogP contribution in [0.1, 0.15) is 31.1 Å². The van der Waals surface area contributed by atoms with Crippen molar-refractivity contribution in [2.45, 2.75) is 38.1 Å². The van der Waals surface area contributed by atoms with Crippen LogP contribution in [0.3, 0.4) is 0 Å². The first-order chi connectivity index (χ1) is 7.62. The molecule has 88 valence electrons. The Morgan fingerprint density at radius 2 is 2.44 bits per heavy atom. The highest BCUT2D eigenvalue weighted by atomic mass is 79.9. The number of rotatable bonds is 3. The van der Waals surface area contributed by atoms with Crippen molar-refractivity contribution in [1.29, 1.82) is 0 Å². The molecule has 1 unspecified atom stereocenters. The lowest BCUT2D eigenvalue weighted by atomic mass is 9.85. The first-order valence-electron chi connectivity index (χ1n) is 5.62. The molecule has 2 nitrogen and oxygen atoms in total. The standard InChI is InChI=1S/C12H16BrNOS/c1-12(5-2-3-6-14-12)11(15)8-10-9(13)4-7-16-10/h4,7,14H,2-3,5-6,8H2,1H3. The smallest absolute Gasteiger partial charge is 0.157 e. The van der Waals surface area contributed by atoms with Crippen molar-refractivity contribution >= 4 is 33.0 Å². The minimum absolute atomic E-state index is 0.304. The number of piperidine rings is 1. The molecule has 1 aromatic heterocycles. The summed E-state index contributed by atoms with van der Waals surface area (Å²) in [6.45, 7) is 3.00. The van der Waals surface area contributed by atoms with Crippen LogP contribution in [0, 0.1) is 0 Å². The largest absolute Gasteiger partial charge is 0.305 e. The maximum Gasteiger partial charge on any atom is 0.157 e. The van der Waals surface area contributed by atoms with Gasteiger partial charge in [-0.1, -0.05) is 0 Å². The van der Waals surface area contributed by atoms with E-state index in [0.29, 0.717) is 12.2 Å². The van der Waals surface area contributed by atoms with Crippen LogP contribution < -0.4 is 5.32 Å². The summed E-state index contributed by atoms with van der Waals surface area (Å²) >= 11 is 5.12. The second-order valence-electron chi connectivity index (χ2n) is 4.51. The van der Waals surface area contributed by atoms with E-state index in [4.69, 9.17) is 0 Å². The lowest BCUT2D eigenvalue weighted by molar-refractivity contribution is -0.125. The average Bonchev–Trinajstić information content (AvgIpc) is 2.65. The van der Waals surface area contributed by atoms with E-state index in [9.17, 15) is 4.79 Å². The molecule has 1 fully saturated rings. The van der Waals surface area contributed by atoms with E-state index >= 15 is 0 Å². The van der Waals surface area contributed by atoms with Crippen molar-refractivity contribution in [3.63, 3.8) is 0 Å². The minimum atomic E-state index is -0.304. The van der Waals surface area contributed by atoms with Gasteiger partial charge in [0.15, 0.2) is 5.78 Å². The molecule has 2 heterocycles. The van der Waals surface area contributed by atoms with Crippen LogP contribution in [0.5, 0.6) is 0 Å². The maximum atomic E-state index is 12.3. The zero-order chi connectivity index (χ0) is 11.6. The Kier molecular flexibility index (Phi) is 3.82. The summed E-state index contributed by atoms with van der Waals surface area (Å²) in [6.07, 6.45) is 3.85. The summed E-state index contributed by atoms with van der Waals surface area (Å²) in [5, 5.41) is 5.38. The third-order valence-corrected chi connectivity index (χ3v) is 5.17.